The van der Waals surface area contributed by atoms with Crippen LogP contribution >= 0.6 is 0 Å². The largest absolute Gasteiger partial charge is 0.573 e. The molecular weight excluding hydrogens is 507 g/mol. The number of carbonyl (C=O) groups excluding carboxylic acids is 1. The second-order valence-corrected chi connectivity index (χ2v) is 9.60. The molecule has 1 aromatic heterocycles. The summed E-state index contributed by atoms with van der Waals surface area (Å²) >= 11 is 0. The maximum Gasteiger partial charge on any atom is 0.573 e. The van der Waals surface area contributed by atoms with E-state index in [1.807, 2.05) is 0 Å². The summed E-state index contributed by atoms with van der Waals surface area (Å²) in [4.78, 5) is 32.6. The molecule has 2 aromatic rings. The lowest BCUT2D eigenvalue weighted by atomic mass is 9.84. The topological polar surface area (TPSA) is 135 Å². The van der Waals surface area contributed by atoms with Crippen LogP contribution in [0.4, 0.5) is 30.6 Å². The predicted molar refractivity (Wildman–Crippen MR) is 133 cm³/mol. The minimum absolute atomic E-state index is 0.0121. The molecule has 1 aliphatic carbocycles. The molecule has 3 N–H and O–H groups in total. The van der Waals surface area contributed by atoms with Gasteiger partial charge >= 0.3 is 12.0 Å². The van der Waals surface area contributed by atoms with Crippen LogP contribution in [0, 0.1) is 16.0 Å². The van der Waals surface area contributed by atoms with Gasteiger partial charge in [-0.3, -0.25) is 19.8 Å². The SMILES string of the molecule is CC(=O)NC1CN(C2CCC(CNc3nc(NCc4ccccc4OC(F)(F)F)ncc3[N+](=O)[O-])CC2)C1. The summed E-state index contributed by atoms with van der Waals surface area (Å²) in [5.74, 6) is 0.0376. The van der Waals surface area contributed by atoms with Crippen LogP contribution in [-0.4, -0.2) is 63.8 Å². The number of hydrogen-bond donors (Lipinski definition) is 3. The summed E-state index contributed by atoms with van der Waals surface area (Å²) in [6, 6.07) is 6.36. The number of hydrogen-bond acceptors (Lipinski definition) is 9. The molecule has 0 spiro atoms. The molecule has 2 aliphatic rings. The maximum absolute atomic E-state index is 12.7. The van der Waals surface area contributed by atoms with E-state index in [0.29, 0.717) is 18.5 Å². The number of aromatic nitrogens is 2. The zero-order chi connectivity index (χ0) is 27.3. The van der Waals surface area contributed by atoms with Crippen molar-refractivity contribution in [2.75, 3.05) is 30.3 Å². The highest BCUT2D eigenvalue weighted by Crippen LogP contribution is 2.31. The number of alkyl halides is 3. The number of nitrogens with zero attached hydrogens (tertiary/aromatic N) is 4. The van der Waals surface area contributed by atoms with Gasteiger partial charge in [-0.2, -0.15) is 4.98 Å². The van der Waals surface area contributed by atoms with E-state index in [9.17, 15) is 28.1 Å². The molecule has 14 heteroatoms. The summed E-state index contributed by atoms with van der Waals surface area (Å²) in [6.07, 6.45) is 0.176. The molecule has 0 atom stereocenters. The summed E-state index contributed by atoms with van der Waals surface area (Å²) in [7, 11) is 0. The minimum atomic E-state index is -4.83. The summed E-state index contributed by atoms with van der Waals surface area (Å²) in [5, 5.41) is 20.3. The molecule has 0 unspecified atom stereocenters. The highest BCUT2D eigenvalue weighted by molar-refractivity contribution is 5.73. The maximum atomic E-state index is 12.7. The number of halogens is 3. The average molecular weight is 538 g/mol. The summed E-state index contributed by atoms with van der Waals surface area (Å²) in [6.45, 7) is 3.67. The molecule has 11 nitrogen and oxygen atoms in total. The molecule has 0 bridgehead atoms. The minimum Gasteiger partial charge on any atom is -0.405 e. The van der Waals surface area contributed by atoms with Crippen LogP contribution in [0.25, 0.3) is 0 Å². The molecule has 1 amide bonds. The molecule has 4 rings (SSSR count). The van der Waals surface area contributed by atoms with Gasteiger partial charge in [-0.15, -0.1) is 13.2 Å². The summed E-state index contributed by atoms with van der Waals surface area (Å²) < 4.78 is 42.1. The van der Waals surface area contributed by atoms with Crippen LogP contribution in [0.15, 0.2) is 30.5 Å². The number of carbonyl (C=O) groups is 1. The Hall–Kier alpha value is -3.68. The quantitative estimate of drug-likeness (QED) is 0.306. The van der Waals surface area contributed by atoms with Gasteiger partial charge in [0.15, 0.2) is 0 Å². The molecule has 1 saturated heterocycles. The molecule has 206 valence electrons. The Labute approximate surface area is 217 Å². The number of nitro groups is 1. The number of amides is 1. The van der Waals surface area contributed by atoms with Crippen molar-refractivity contribution in [3.63, 3.8) is 0 Å². The number of rotatable bonds is 10. The van der Waals surface area contributed by atoms with Gasteiger partial charge in [0, 0.05) is 44.7 Å². The highest BCUT2D eigenvalue weighted by atomic mass is 19.4. The molecule has 1 aliphatic heterocycles. The van der Waals surface area contributed by atoms with Crippen molar-refractivity contribution >= 4 is 23.4 Å². The van der Waals surface area contributed by atoms with E-state index in [1.54, 1.807) is 6.07 Å². The Bertz CT molecular complexity index is 1140. The molecule has 1 saturated carbocycles. The van der Waals surface area contributed by atoms with Crippen LogP contribution in [0.2, 0.25) is 0 Å². The molecule has 2 fully saturated rings. The van der Waals surface area contributed by atoms with Gasteiger partial charge in [0.1, 0.15) is 11.9 Å². The third-order valence-electron chi connectivity index (χ3n) is 6.81. The second kappa shape index (κ2) is 11.8. The van der Waals surface area contributed by atoms with E-state index < -0.39 is 11.3 Å². The van der Waals surface area contributed by atoms with Crippen LogP contribution in [0.5, 0.6) is 5.75 Å². The van der Waals surface area contributed by atoms with Crippen molar-refractivity contribution < 1.29 is 27.6 Å². The predicted octanol–water partition coefficient (Wildman–Crippen LogP) is 3.69. The van der Waals surface area contributed by atoms with Crippen LogP contribution in [0.3, 0.4) is 0 Å². The molecule has 38 heavy (non-hydrogen) atoms. The van der Waals surface area contributed by atoms with E-state index in [-0.39, 0.29) is 47.3 Å². The van der Waals surface area contributed by atoms with Crippen molar-refractivity contribution in [2.24, 2.45) is 5.92 Å². The zero-order valence-corrected chi connectivity index (χ0v) is 20.8. The van der Waals surface area contributed by atoms with E-state index in [0.717, 1.165) is 45.0 Å². The third-order valence-corrected chi connectivity index (χ3v) is 6.81. The Morgan fingerprint density at radius 1 is 1.18 bits per heavy atom. The van der Waals surface area contributed by atoms with Gasteiger partial charge in [-0.1, -0.05) is 18.2 Å². The monoisotopic (exact) mass is 537 g/mol. The number of likely N-dealkylation sites (tertiary alicyclic amines) is 1. The van der Waals surface area contributed by atoms with Gasteiger partial charge in [0.2, 0.25) is 17.7 Å². The first-order valence-electron chi connectivity index (χ1n) is 12.4. The smallest absolute Gasteiger partial charge is 0.405 e. The second-order valence-electron chi connectivity index (χ2n) is 9.60. The molecular formula is C24H30F3N7O4. The van der Waals surface area contributed by atoms with Crippen molar-refractivity contribution in [1.82, 2.24) is 20.2 Å². The fourth-order valence-electron chi connectivity index (χ4n) is 4.92. The lowest BCUT2D eigenvalue weighted by Gasteiger charge is -2.46. The number of benzene rings is 1. The molecule has 2 heterocycles. The van der Waals surface area contributed by atoms with E-state index in [1.165, 1.54) is 25.1 Å². The van der Waals surface area contributed by atoms with Crippen LogP contribution in [0.1, 0.15) is 38.2 Å². The fraction of sp³-hybridized carbons (Fsp3) is 0.542. The normalized spacial score (nSPS) is 20.3. The number of anilines is 2. The van der Waals surface area contributed by atoms with Crippen LogP contribution in [-0.2, 0) is 11.3 Å². The Balaban J connectivity index is 1.31. The van der Waals surface area contributed by atoms with Crippen molar-refractivity contribution in [3.8, 4) is 5.75 Å². The number of para-hydroxylation sites is 1. The van der Waals surface area contributed by atoms with Gasteiger partial charge in [0.05, 0.1) is 11.0 Å². The van der Waals surface area contributed by atoms with Gasteiger partial charge in [-0.25, -0.2) is 4.98 Å². The Morgan fingerprint density at radius 3 is 2.55 bits per heavy atom. The van der Waals surface area contributed by atoms with Gasteiger partial charge in [0.25, 0.3) is 0 Å². The van der Waals surface area contributed by atoms with Crippen molar-refractivity contribution in [2.45, 2.75) is 57.6 Å². The summed E-state index contributed by atoms with van der Waals surface area (Å²) in [5.41, 5.74) is -0.0572. The third kappa shape index (κ3) is 7.43. The standard InChI is InChI=1S/C24H30F3N7O4/c1-15(35)31-18-13-33(14-18)19-8-6-16(7-9-19)10-28-22-20(34(36)37)12-30-23(32-22)29-11-17-4-2-3-5-21(17)38-24(25,26)27/h2-5,12,16,18-19H,6-11,13-14H2,1H3,(H,31,35)(H2,28,29,30,32). The Morgan fingerprint density at radius 2 is 1.89 bits per heavy atom. The highest BCUT2D eigenvalue weighted by Gasteiger charge is 2.35. The molecule has 0 radical (unpaired) electrons. The van der Waals surface area contributed by atoms with Crippen LogP contribution < -0.4 is 20.7 Å². The number of nitrogens with one attached hydrogen (secondary N) is 3. The zero-order valence-electron chi connectivity index (χ0n) is 20.8. The van der Waals surface area contributed by atoms with Gasteiger partial charge in [-0.05, 0) is 37.7 Å². The average Bonchev–Trinajstić information content (AvgIpc) is 2.83. The van der Waals surface area contributed by atoms with Crippen molar-refractivity contribution in [1.29, 1.82) is 0 Å². The van der Waals surface area contributed by atoms with Crippen molar-refractivity contribution in [3.05, 3.63) is 46.1 Å². The van der Waals surface area contributed by atoms with E-state index in [2.05, 4.69) is 35.6 Å². The van der Waals surface area contributed by atoms with E-state index in [4.69, 9.17) is 0 Å². The molecule has 1 aromatic carbocycles. The van der Waals surface area contributed by atoms with Gasteiger partial charge < -0.3 is 20.7 Å². The van der Waals surface area contributed by atoms with E-state index >= 15 is 0 Å². The fourth-order valence-corrected chi connectivity index (χ4v) is 4.92. The first-order valence-corrected chi connectivity index (χ1v) is 12.4. The first kappa shape index (κ1) is 27.4. The lowest BCUT2D eigenvalue weighted by molar-refractivity contribution is -0.384. The Kier molecular flexibility index (Phi) is 8.49. The lowest BCUT2D eigenvalue weighted by Crippen LogP contribution is -2.62. The number of ether oxygens (including phenoxy) is 1. The first-order chi connectivity index (χ1) is 18.1.